The van der Waals surface area contributed by atoms with Gasteiger partial charge in [0.1, 0.15) is 11.9 Å². The van der Waals surface area contributed by atoms with Crippen LogP contribution in [-0.4, -0.2) is 6.54 Å². The van der Waals surface area contributed by atoms with Crippen LogP contribution >= 0.6 is 43.2 Å². The van der Waals surface area contributed by atoms with Gasteiger partial charge in [-0.05, 0) is 60.8 Å². The van der Waals surface area contributed by atoms with Gasteiger partial charge in [0.2, 0.25) is 0 Å². The topological polar surface area (TPSA) is 35.2 Å². The van der Waals surface area contributed by atoms with Gasteiger partial charge in [-0.3, -0.25) is 0 Å². The predicted molar refractivity (Wildman–Crippen MR) is 96.1 cm³/mol. The van der Waals surface area contributed by atoms with Gasteiger partial charge in [-0.1, -0.05) is 30.3 Å². The van der Waals surface area contributed by atoms with Crippen molar-refractivity contribution >= 4 is 54.0 Å². The summed E-state index contributed by atoms with van der Waals surface area (Å²) in [6.07, 6.45) is -0.140. The minimum Gasteiger partial charge on any atom is -0.482 e. The summed E-state index contributed by atoms with van der Waals surface area (Å²) < 4.78 is 8.17. The minimum atomic E-state index is -0.140. The van der Waals surface area contributed by atoms with Crippen LogP contribution in [0, 0.1) is 0 Å². The number of ether oxygens (including phenoxy) is 1. The van der Waals surface area contributed by atoms with E-state index in [0.29, 0.717) is 6.54 Å². The number of halogens is 2. The van der Waals surface area contributed by atoms with E-state index in [-0.39, 0.29) is 6.10 Å². The molecule has 2 N–H and O–H groups in total. The number of hydrogen-bond donors (Lipinski definition) is 1. The fourth-order valence-electron chi connectivity index (χ4n) is 2.18. The summed E-state index contributed by atoms with van der Waals surface area (Å²) in [7, 11) is 0. The quantitative estimate of drug-likeness (QED) is 0.597. The van der Waals surface area contributed by atoms with Gasteiger partial charge < -0.3 is 10.5 Å². The minimum absolute atomic E-state index is 0.140. The van der Waals surface area contributed by atoms with Gasteiger partial charge in [-0.15, -0.1) is 11.3 Å². The van der Waals surface area contributed by atoms with Crippen molar-refractivity contribution in [1.82, 2.24) is 0 Å². The van der Waals surface area contributed by atoms with Crippen molar-refractivity contribution < 1.29 is 4.74 Å². The van der Waals surface area contributed by atoms with Gasteiger partial charge in [0, 0.05) is 11.4 Å². The van der Waals surface area contributed by atoms with Crippen molar-refractivity contribution in [3.8, 4) is 5.75 Å². The molecule has 1 atom stereocenters. The summed E-state index contributed by atoms with van der Waals surface area (Å²) in [6.45, 7) is 0.437. The third-order valence-corrected chi connectivity index (χ3v) is 5.76. The Labute approximate surface area is 144 Å². The van der Waals surface area contributed by atoms with E-state index in [0.717, 1.165) is 24.3 Å². The largest absolute Gasteiger partial charge is 0.482 e. The van der Waals surface area contributed by atoms with Crippen LogP contribution in [0.3, 0.4) is 0 Å². The van der Waals surface area contributed by atoms with Crippen LogP contribution in [-0.2, 0) is 0 Å². The molecule has 0 radical (unpaired) electrons. The molecule has 5 heteroatoms. The highest BCUT2D eigenvalue weighted by Crippen LogP contribution is 2.37. The first kappa shape index (κ1) is 15.0. The van der Waals surface area contributed by atoms with Crippen LogP contribution in [0.15, 0.2) is 56.8 Å². The van der Waals surface area contributed by atoms with Crippen LogP contribution in [0.5, 0.6) is 5.75 Å². The maximum atomic E-state index is 6.12. The summed E-state index contributed by atoms with van der Waals surface area (Å²) >= 11 is 8.77. The first-order valence-electron chi connectivity index (χ1n) is 6.48. The lowest BCUT2D eigenvalue weighted by Gasteiger charge is -2.18. The number of benzene rings is 2. The lowest BCUT2D eigenvalue weighted by Crippen LogP contribution is -2.17. The van der Waals surface area contributed by atoms with Gasteiger partial charge in [0.25, 0.3) is 0 Å². The van der Waals surface area contributed by atoms with Gasteiger partial charge in [0.15, 0.2) is 0 Å². The second-order valence-corrected chi connectivity index (χ2v) is 7.87. The van der Waals surface area contributed by atoms with Crippen LogP contribution < -0.4 is 10.5 Å². The number of fused-ring (bicyclic) bond motifs is 1. The molecule has 21 heavy (non-hydrogen) atoms. The molecule has 0 aliphatic heterocycles. The molecule has 0 aliphatic carbocycles. The second-order valence-electron chi connectivity index (χ2n) is 4.58. The zero-order valence-electron chi connectivity index (χ0n) is 11.1. The van der Waals surface area contributed by atoms with Crippen molar-refractivity contribution in [2.24, 2.45) is 5.73 Å². The fraction of sp³-hybridized carbons (Fsp3) is 0.125. The van der Waals surface area contributed by atoms with E-state index in [1.807, 2.05) is 30.3 Å². The zero-order valence-corrected chi connectivity index (χ0v) is 15.0. The Bertz CT molecular complexity index is 772. The molecule has 3 rings (SSSR count). The van der Waals surface area contributed by atoms with E-state index < -0.39 is 0 Å². The summed E-state index contributed by atoms with van der Waals surface area (Å²) in [4.78, 5) is 1.12. The standard InChI is InChI=1S/C16H13Br2NOS/c17-15-8-7-14(21-15)13(9-19)20-12-6-5-10-3-1-2-4-11(10)16(12)18/h1-8,13H,9,19H2. The van der Waals surface area contributed by atoms with Gasteiger partial charge in [-0.25, -0.2) is 0 Å². The van der Waals surface area contributed by atoms with E-state index in [9.17, 15) is 0 Å². The highest BCUT2D eigenvalue weighted by atomic mass is 79.9. The van der Waals surface area contributed by atoms with E-state index in [1.165, 1.54) is 5.39 Å². The molecular formula is C16H13Br2NOS. The first-order chi connectivity index (χ1) is 10.2. The molecule has 1 heterocycles. The summed E-state index contributed by atoms with van der Waals surface area (Å²) in [5.41, 5.74) is 5.88. The summed E-state index contributed by atoms with van der Waals surface area (Å²) in [5.74, 6) is 0.814. The van der Waals surface area contributed by atoms with Crippen LogP contribution in [0.1, 0.15) is 11.0 Å². The van der Waals surface area contributed by atoms with Crippen molar-refractivity contribution in [3.63, 3.8) is 0 Å². The smallest absolute Gasteiger partial charge is 0.145 e. The van der Waals surface area contributed by atoms with Crippen molar-refractivity contribution in [2.75, 3.05) is 6.54 Å². The Hall–Kier alpha value is -0.880. The molecule has 0 saturated heterocycles. The van der Waals surface area contributed by atoms with E-state index in [2.05, 4.69) is 50.1 Å². The normalized spacial score (nSPS) is 12.5. The Morgan fingerprint density at radius 1 is 1.05 bits per heavy atom. The Kier molecular flexibility index (Phi) is 4.64. The van der Waals surface area contributed by atoms with E-state index in [4.69, 9.17) is 10.5 Å². The van der Waals surface area contributed by atoms with Crippen LogP contribution in [0.2, 0.25) is 0 Å². The van der Waals surface area contributed by atoms with Gasteiger partial charge in [0.05, 0.1) is 8.26 Å². The van der Waals surface area contributed by atoms with E-state index in [1.54, 1.807) is 11.3 Å². The molecule has 0 spiro atoms. The molecular weight excluding hydrogens is 414 g/mol. The molecule has 2 aromatic carbocycles. The van der Waals surface area contributed by atoms with Crippen molar-refractivity contribution in [3.05, 3.63) is 61.7 Å². The molecule has 0 fully saturated rings. The second kappa shape index (κ2) is 6.48. The van der Waals surface area contributed by atoms with Crippen molar-refractivity contribution in [1.29, 1.82) is 0 Å². The van der Waals surface area contributed by atoms with Crippen LogP contribution in [0.25, 0.3) is 10.8 Å². The Balaban J connectivity index is 1.95. The molecule has 0 aliphatic rings. The Morgan fingerprint density at radius 2 is 1.86 bits per heavy atom. The molecule has 3 aromatic rings. The average molecular weight is 427 g/mol. The maximum Gasteiger partial charge on any atom is 0.145 e. The predicted octanol–water partition coefficient (Wildman–Crippen LogP) is 5.51. The lowest BCUT2D eigenvalue weighted by molar-refractivity contribution is 0.217. The number of hydrogen-bond acceptors (Lipinski definition) is 3. The van der Waals surface area contributed by atoms with Crippen LogP contribution in [0.4, 0.5) is 0 Å². The summed E-state index contributed by atoms with van der Waals surface area (Å²) in [6, 6.07) is 16.3. The van der Waals surface area contributed by atoms with E-state index >= 15 is 0 Å². The summed E-state index contributed by atoms with van der Waals surface area (Å²) in [5, 5.41) is 2.32. The molecule has 108 valence electrons. The lowest BCUT2D eigenvalue weighted by atomic mass is 10.1. The molecule has 0 amide bonds. The van der Waals surface area contributed by atoms with Gasteiger partial charge in [-0.2, -0.15) is 0 Å². The third-order valence-electron chi connectivity index (χ3n) is 3.22. The third kappa shape index (κ3) is 3.16. The molecule has 0 bridgehead atoms. The van der Waals surface area contributed by atoms with Crippen molar-refractivity contribution in [2.45, 2.75) is 6.10 Å². The first-order valence-corrected chi connectivity index (χ1v) is 8.88. The number of rotatable bonds is 4. The molecule has 2 nitrogen and oxygen atoms in total. The monoisotopic (exact) mass is 425 g/mol. The Morgan fingerprint density at radius 3 is 2.57 bits per heavy atom. The molecule has 1 unspecified atom stereocenters. The highest BCUT2D eigenvalue weighted by molar-refractivity contribution is 9.11. The molecule has 0 saturated carbocycles. The SMILES string of the molecule is NCC(Oc1ccc2ccccc2c1Br)c1ccc(Br)s1. The highest BCUT2D eigenvalue weighted by Gasteiger charge is 2.16. The maximum absolute atomic E-state index is 6.12. The number of thiophene rings is 1. The van der Waals surface area contributed by atoms with Gasteiger partial charge >= 0.3 is 0 Å². The fourth-order valence-corrected chi connectivity index (χ4v) is 4.23. The molecule has 1 aromatic heterocycles. The number of nitrogens with two attached hydrogens (primary N) is 1. The zero-order chi connectivity index (χ0) is 14.8. The average Bonchev–Trinajstić information content (AvgIpc) is 2.93.